The second-order valence-electron chi connectivity index (χ2n) is 11.5. The third-order valence-electron chi connectivity index (χ3n) is 6.86. The highest BCUT2D eigenvalue weighted by Gasteiger charge is 2.24. The number of halogens is 2. The fourth-order valence-corrected chi connectivity index (χ4v) is 6.06. The first-order valence-corrected chi connectivity index (χ1v) is 15.8. The molecule has 0 spiro atoms. The minimum absolute atomic E-state index is 0.000736. The van der Waals surface area contributed by atoms with Crippen molar-refractivity contribution in [3.63, 3.8) is 0 Å². The van der Waals surface area contributed by atoms with Gasteiger partial charge in [-0.3, -0.25) is 9.59 Å². The lowest BCUT2D eigenvalue weighted by atomic mass is 9.99. The second-order valence-corrected chi connectivity index (χ2v) is 12.7. The Labute approximate surface area is 257 Å². The molecule has 0 saturated heterocycles. The van der Waals surface area contributed by atoms with Crippen molar-refractivity contribution in [3.05, 3.63) is 86.4 Å². The first-order valence-electron chi connectivity index (χ1n) is 15.0. The molecule has 2 aromatic carbocycles. The van der Waals surface area contributed by atoms with Crippen LogP contribution >= 0.6 is 11.3 Å². The van der Waals surface area contributed by atoms with Crippen molar-refractivity contribution < 1.29 is 23.5 Å². The van der Waals surface area contributed by atoms with E-state index in [0.29, 0.717) is 36.7 Å². The van der Waals surface area contributed by atoms with Crippen LogP contribution in [0.25, 0.3) is 0 Å². The lowest BCUT2D eigenvalue weighted by Gasteiger charge is -2.25. The van der Waals surface area contributed by atoms with E-state index in [1.807, 2.05) is 27.0 Å². The van der Waals surface area contributed by atoms with Crippen molar-refractivity contribution in [2.24, 2.45) is 5.92 Å². The molecule has 0 aliphatic heterocycles. The van der Waals surface area contributed by atoms with Crippen LogP contribution in [0.4, 0.5) is 8.78 Å². The molecular formula is C33H44F2N4O3S. The van der Waals surface area contributed by atoms with E-state index in [1.165, 1.54) is 12.1 Å². The quantitative estimate of drug-likeness (QED) is 0.193. The summed E-state index contributed by atoms with van der Waals surface area (Å²) in [6.07, 6.45) is 3.28. The van der Waals surface area contributed by atoms with Crippen molar-refractivity contribution in [1.29, 1.82) is 0 Å². The maximum absolute atomic E-state index is 14.0. The van der Waals surface area contributed by atoms with Gasteiger partial charge < -0.3 is 20.6 Å². The van der Waals surface area contributed by atoms with Crippen LogP contribution in [0, 0.1) is 24.5 Å². The van der Waals surface area contributed by atoms with Crippen molar-refractivity contribution in [3.8, 4) is 0 Å². The van der Waals surface area contributed by atoms with Crippen LogP contribution in [0.15, 0.2) is 42.6 Å². The number of nitrogens with zero attached hydrogens (tertiary/aromatic N) is 2. The predicted octanol–water partition coefficient (Wildman–Crippen LogP) is 5.68. The number of amides is 2. The van der Waals surface area contributed by atoms with Gasteiger partial charge in [0.2, 0.25) is 0 Å². The molecule has 2 amide bonds. The molecule has 0 aliphatic rings. The fourth-order valence-electron chi connectivity index (χ4n) is 4.95. The van der Waals surface area contributed by atoms with Gasteiger partial charge in [0.15, 0.2) is 0 Å². The largest absolute Gasteiger partial charge is 0.390 e. The topological polar surface area (TPSA) is 94.6 Å². The summed E-state index contributed by atoms with van der Waals surface area (Å²) in [5.41, 5.74) is 1.74. The highest BCUT2D eigenvalue weighted by Crippen LogP contribution is 2.18. The van der Waals surface area contributed by atoms with E-state index in [1.54, 1.807) is 34.4 Å². The Morgan fingerprint density at radius 2 is 1.63 bits per heavy atom. The van der Waals surface area contributed by atoms with Gasteiger partial charge in [-0.05, 0) is 73.6 Å². The van der Waals surface area contributed by atoms with E-state index in [-0.39, 0.29) is 24.4 Å². The predicted molar refractivity (Wildman–Crippen MR) is 167 cm³/mol. The SMILES string of the molecule is CCCN(CCC)C(=O)c1cc(C)cc(C(=O)N[C@@H](Cc2cc(F)cc(F)c2)[C@H](O)CNCc2cnc(CC(C)C)s2)c1. The number of hydrogen-bond acceptors (Lipinski definition) is 6. The lowest BCUT2D eigenvalue weighted by Crippen LogP contribution is -2.48. The van der Waals surface area contributed by atoms with Crippen molar-refractivity contribution in [1.82, 2.24) is 20.5 Å². The molecule has 3 N–H and O–H groups in total. The van der Waals surface area contributed by atoms with Crippen LogP contribution in [-0.2, 0) is 19.4 Å². The number of carbonyl (C=O) groups is 2. The van der Waals surface area contributed by atoms with Gasteiger partial charge in [-0.25, -0.2) is 13.8 Å². The van der Waals surface area contributed by atoms with Crippen molar-refractivity contribution >= 4 is 23.2 Å². The molecule has 1 aromatic heterocycles. The van der Waals surface area contributed by atoms with E-state index in [4.69, 9.17) is 0 Å². The van der Waals surface area contributed by atoms with Crippen LogP contribution in [0.1, 0.15) is 82.3 Å². The Hall–Kier alpha value is -3.21. The summed E-state index contributed by atoms with van der Waals surface area (Å²) in [7, 11) is 0. The molecule has 1 heterocycles. The Bertz CT molecular complexity index is 1340. The first kappa shape index (κ1) is 34.3. The molecule has 3 rings (SSSR count). The van der Waals surface area contributed by atoms with Crippen molar-refractivity contribution in [2.45, 2.75) is 79.0 Å². The molecule has 7 nitrogen and oxygen atoms in total. The summed E-state index contributed by atoms with van der Waals surface area (Å²) in [6.45, 7) is 12.0. The van der Waals surface area contributed by atoms with Gasteiger partial charge >= 0.3 is 0 Å². The molecule has 0 fully saturated rings. The average Bonchev–Trinajstić information content (AvgIpc) is 3.37. The maximum atomic E-state index is 14.0. The molecule has 10 heteroatoms. The number of rotatable bonds is 16. The molecule has 0 aliphatic carbocycles. The van der Waals surface area contributed by atoms with E-state index >= 15 is 0 Å². The third-order valence-corrected chi connectivity index (χ3v) is 7.88. The van der Waals surface area contributed by atoms with E-state index in [0.717, 1.165) is 40.8 Å². The summed E-state index contributed by atoms with van der Waals surface area (Å²) in [6, 6.07) is 7.29. The number of aryl methyl sites for hydroxylation is 1. The monoisotopic (exact) mass is 614 g/mol. The Kier molecular flexibility index (Phi) is 13.2. The fraction of sp³-hybridized carbons (Fsp3) is 0.485. The molecule has 2 atom stereocenters. The van der Waals surface area contributed by atoms with Gasteiger partial charge in [0.05, 0.1) is 17.2 Å². The number of aliphatic hydroxyl groups excluding tert-OH is 1. The van der Waals surface area contributed by atoms with Gasteiger partial charge in [-0.2, -0.15) is 0 Å². The van der Waals surface area contributed by atoms with Crippen molar-refractivity contribution in [2.75, 3.05) is 19.6 Å². The summed E-state index contributed by atoms with van der Waals surface area (Å²) in [5, 5.41) is 18.3. The van der Waals surface area contributed by atoms with Crippen LogP contribution in [0.3, 0.4) is 0 Å². The molecule has 234 valence electrons. The number of hydrogen-bond donors (Lipinski definition) is 3. The summed E-state index contributed by atoms with van der Waals surface area (Å²) in [5.74, 6) is -1.60. The van der Waals surface area contributed by atoms with Gasteiger partial charge in [0.1, 0.15) is 11.6 Å². The number of benzene rings is 2. The normalized spacial score (nSPS) is 12.8. The second kappa shape index (κ2) is 16.6. The Morgan fingerprint density at radius 3 is 2.26 bits per heavy atom. The molecular weight excluding hydrogens is 570 g/mol. The minimum Gasteiger partial charge on any atom is -0.390 e. The Balaban J connectivity index is 1.78. The van der Waals surface area contributed by atoms with Crippen LogP contribution in [0.2, 0.25) is 0 Å². The van der Waals surface area contributed by atoms with Gasteiger partial charge in [-0.1, -0.05) is 27.7 Å². The lowest BCUT2D eigenvalue weighted by molar-refractivity contribution is 0.0755. The molecule has 0 unspecified atom stereocenters. The van der Waals surface area contributed by atoms with Crippen LogP contribution in [0.5, 0.6) is 0 Å². The average molecular weight is 615 g/mol. The summed E-state index contributed by atoms with van der Waals surface area (Å²) in [4.78, 5) is 34.0. The number of aromatic nitrogens is 1. The molecule has 0 radical (unpaired) electrons. The standard InChI is InChI=1S/C33H44F2N4O3S/c1-6-8-39(9-7-2)33(42)25-12-22(5)11-24(16-25)32(41)38-29(15-23-13-26(34)17-27(35)14-23)30(40)20-36-18-28-19-37-31(43-28)10-21(3)4/h11-14,16-17,19,21,29-30,36,40H,6-10,15,18,20H2,1-5H3,(H,38,41)/t29-,30+/m0/s1. The zero-order chi connectivity index (χ0) is 31.5. The zero-order valence-electron chi connectivity index (χ0n) is 25.8. The zero-order valence-corrected chi connectivity index (χ0v) is 26.6. The highest BCUT2D eigenvalue weighted by atomic mass is 32.1. The van der Waals surface area contributed by atoms with Gasteiger partial charge in [0, 0.05) is 60.9 Å². The minimum atomic E-state index is -1.08. The Morgan fingerprint density at radius 1 is 0.977 bits per heavy atom. The number of carbonyl (C=O) groups excluding carboxylic acids is 2. The van der Waals surface area contributed by atoms with Gasteiger partial charge in [-0.15, -0.1) is 11.3 Å². The molecule has 3 aromatic rings. The van der Waals surface area contributed by atoms with Gasteiger partial charge in [0.25, 0.3) is 11.8 Å². The van der Waals surface area contributed by atoms with E-state index in [9.17, 15) is 23.5 Å². The smallest absolute Gasteiger partial charge is 0.253 e. The third kappa shape index (κ3) is 10.8. The number of aliphatic hydroxyl groups is 1. The first-order chi connectivity index (χ1) is 20.5. The number of nitrogens with one attached hydrogen (secondary N) is 2. The van der Waals surface area contributed by atoms with E-state index < -0.39 is 29.7 Å². The van der Waals surface area contributed by atoms with Crippen LogP contribution in [-0.4, -0.2) is 58.6 Å². The molecule has 0 bridgehead atoms. The molecule has 43 heavy (non-hydrogen) atoms. The summed E-state index contributed by atoms with van der Waals surface area (Å²) < 4.78 is 27.9. The maximum Gasteiger partial charge on any atom is 0.253 e. The van der Waals surface area contributed by atoms with Crippen LogP contribution < -0.4 is 10.6 Å². The summed E-state index contributed by atoms with van der Waals surface area (Å²) >= 11 is 1.61. The van der Waals surface area contributed by atoms with E-state index in [2.05, 4.69) is 29.5 Å². The highest BCUT2D eigenvalue weighted by molar-refractivity contribution is 7.11. The number of thiazole rings is 1. The molecule has 0 saturated carbocycles.